The first kappa shape index (κ1) is 26.1. The topological polar surface area (TPSA) is 73.7 Å². The van der Waals surface area contributed by atoms with E-state index in [9.17, 15) is 26.7 Å². The molecule has 2 aliphatic rings. The third-order valence-corrected chi connectivity index (χ3v) is 8.62. The summed E-state index contributed by atoms with van der Waals surface area (Å²) in [6.45, 7) is 6.44. The van der Waals surface area contributed by atoms with Gasteiger partial charge in [0.25, 0.3) is 0 Å². The standard InChI is InChI=1S/C25H32F3N3O3S/c1-5-23-22(21-10-6-17(12-16(21)2)24(3,32)25(26,27)28)11-7-18(29-23)13-30-14-19-8-9-20(15-30)31(19)35(4,33)34/h6-7,10-12,19-20,32H,5,8-9,13-15H2,1-4H3. The number of hydrogen-bond acceptors (Lipinski definition) is 5. The van der Waals surface area contributed by atoms with E-state index in [-0.39, 0.29) is 17.6 Å². The maximum Gasteiger partial charge on any atom is 0.421 e. The molecule has 3 atom stereocenters. The van der Waals surface area contributed by atoms with E-state index in [1.54, 1.807) is 17.3 Å². The van der Waals surface area contributed by atoms with Crippen molar-refractivity contribution in [3.63, 3.8) is 0 Å². The average Bonchev–Trinajstić information content (AvgIpc) is 3.05. The molecule has 6 nitrogen and oxygen atoms in total. The van der Waals surface area contributed by atoms with Crippen molar-refractivity contribution in [2.75, 3.05) is 19.3 Å². The Morgan fingerprint density at radius 3 is 2.20 bits per heavy atom. The lowest BCUT2D eigenvalue weighted by molar-refractivity contribution is -0.258. The maximum atomic E-state index is 13.3. The van der Waals surface area contributed by atoms with Crippen LogP contribution in [0.2, 0.25) is 0 Å². The van der Waals surface area contributed by atoms with Gasteiger partial charge in [0.15, 0.2) is 5.60 Å². The van der Waals surface area contributed by atoms with E-state index in [1.165, 1.54) is 18.4 Å². The lowest BCUT2D eigenvalue weighted by atomic mass is 9.89. The van der Waals surface area contributed by atoms with E-state index >= 15 is 0 Å². The number of aromatic nitrogens is 1. The van der Waals surface area contributed by atoms with Crippen molar-refractivity contribution in [3.8, 4) is 11.1 Å². The van der Waals surface area contributed by atoms with Crippen molar-refractivity contribution in [3.05, 3.63) is 52.8 Å². The molecule has 2 fully saturated rings. The second kappa shape index (κ2) is 9.14. The molecule has 2 aromatic rings. The van der Waals surface area contributed by atoms with Gasteiger partial charge >= 0.3 is 6.18 Å². The molecule has 10 heteroatoms. The van der Waals surface area contributed by atoms with E-state index in [0.717, 1.165) is 42.3 Å². The molecule has 0 saturated carbocycles. The summed E-state index contributed by atoms with van der Waals surface area (Å²) in [5.41, 5.74) is 0.871. The van der Waals surface area contributed by atoms with Gasteiger partial charge in [-0.25, -0.2) is 8.42 Å². The van der Waals surface area contributed by atoms with Crippen LogP contribution in [0.5, 0.6) is 0 Å². The minimum Gasteiger partial charge on any atom is -0.376 e. The van der Waals surface area contributed by atoms with Crippen molar-refractivity contribution in [2.45, 2.75) is 70.4 Å². The number of benzene rings is 1. The number of halogens is 3. The molecule has 2 saturated heterocycles. The fourth-order valence-corrected chi connectivity index (χ4v) is 6.86. The van der Waals surface area contributed by atoms with Crippen LogP contribution in [0.4, 0.5) is 13.2 Å². The van der Waals surface area contributed by atoms with Gasteiger partial charge in [0.1, 0.15) is 0 Å². The number of fused-ring (bicyclic) bond motifs is 2. The average molecular weight is 512 g/mol. The van der Waals surface area contributed by atoms with E-state index in [4.69, 9.17) is 4.98 Å². The molecule has 0 aliphatic carbocycles. The lowest BCUT2D eigenvalue weighted by Gasteiger charge is -2.39. The molecular formula is C25H32F3N3O3S. The van der Waals surface area contributed by atoms with Crippen LogP contribution in [-0.2, 0) is 28.6 Å². The molecule has 4 rings (SSSR count). The number of nitrogens with zero attached hydrogens (tertiary/aromatic N) is 3. The van der Waals surface area contributed by atoms with Gasteiger partial charge in [-0.2, -0.15) is 17.5 Å². The number of aliphatic hydroxyl groups is 1. The molecular weight excluding hydrogens is 479 g/mol. The summed E-state index contributed by atoms with van der Waals surface area (Å²) in [6, 6.07) is 8.20. The quantitative estimate of drug-likeness (QED) is 0.635. The van der Waals surface area contributed by atoms with Crippen LogP contribution in [0.15, 0.2) is 30.3 Å². The van der Waals surface area contributed by atoms with Crippen molar-refractivity contribution in [2.24, 2.45) is 0 Å². The zero-order valence-corrected chi connectivity index (χ0v) is 21.2. The van der Waals surface area contributed by atoms with Crippen molar-refractivity contribution < 1.29 is 26.7 Å². The smallest absolute Gasteiger partial charge is 0.376 e. The van der Waals surface area contributed by atoms with Gasteiger partial charge in [0, 0.05) is 43.0 Å². The van der Waals surface area contributed by atoms with E-state index < -0.39 is 21.8 Å². The highest BCUT2D eigenvalue weighted by atomic mass is 32.2. The molecule has 0 radical (unpaired) electrons. The largest absolute Gasteiger partial charge is 0.421 e. The van der Waals surface area contributed by atoms with E-state index in [1.807, 2.05) is 19.1 Å². The fraction of sp³-hybridized carbons (Fsp3) is 0.560. The number of likely N-dealkylation sites (tertiary alicyclic amines) is 1. The molecule has 1 aromatic carbocycles. The Morgan fingerprint density at radius 2 is 1.69 bits per heavy atom. The van der Waals surface area contributed by atoms with Crippen LogP contribution < -0.4 is 0 Å². The summed E-state index contributed by atoms with van der Waals surface area (Å²) in [5, 5.41) is 10.0. The number of aryl methyl sites for hydroxylation is 2. The van der Waals surface area contributed by atoms with Crippen LogP contribution in [0, 0.1) is 6.92 Å². The molecule has 35 heavy (non-hydrogen) atoms. The SMILES string of the molecule is CCc1nc(CN2CC3CCC(C2)N3S(C)(=O)=O)ccc1-c1ccc(C(C)(O)C(F)(F)F)cc1C. The van der Waals surface area contributed by atoms with Gasteiger partial charge in [-0.05, 0) is 55.9 Å². The third kappa shape index (κ3) is 4.98. The highest BCUT2D eigenvalue weighted by molar-refractivity contribution is 7.88. The molecule has 1 N–H and O–H groups in total. The Morgan fingerprint density at radius 1 is 1.09 bits per heavy atom. The van der Waals surface area contributed by atoms with Crippen LogP contribution in [-0.4, -0.2) is 65.3 Å². The Hall–Kier alpha value is -2.01. The first-order valence-corrected chi connectivity index (χ1v) is 13.7. The molecule has 1 aromatic heterocycles. The Bertz CT molecular complexity index is 1200. The van der Waals surface area contributed by atoms with Crippen LogP contribution in [0.1, 0.15) is 49.2 Å². The summed E-state index contributed by atoms with van der Waals surface area (Å²) in [5.74, 6) is 0. The normalized spacial score (nSPS) is 23.4. The summed E-state index contributed by atoms with van der Waals surface area (Å²) >= 11 is 0. The van der Waals surface area contributed by atoms with Gasteiger partial charge in [0.05, 0.1) is 11.9 Å². The number of pyridine rings is 1. The summed E-state index contributed by atoms with van der Waals surface area (Å²) in [6.07, 6.45) is -1.10. The Kier molecular flexibility index (Phi) is 6.80. The van der Waals surface area contributed by atoms with E-state index in [2.05, 4.69) is 4.90 Å². The molecule has 0 spiro atoms. The lowest BCUT2D eigenvalue weighted by Crippen LogP contribution is -2.55. The Balaban J connectivity index is 1.55. The Labute approximate surface area is 204 Å². The molecule has 0 amide bonds. The second-order valence-corrected chi connectivity index (χ2v) is 11.8. The van der Waals surface area contributed by atoms with Gasteiger partial charge in [-0.3, -0.25) is 9.88 Å². The number of piperazine rings is 1. The summed E-state index contributed by atoms with van der Waals surface area (Å²) in [7, 11) is -3.22. The monoisotopic (exact) mass is 511 g/mol. The number of alkyl halides is 3. The van der Waals surface area contributed by atoms with Crippen molar-refractivity contribution >= 4 is 10.0 Å². The van der Waals surface area contributed by atoms with Crippen LogP contribution >= 0.6 is 0 Å². The number of rotatable bonds is 6. The summed E-state index contributed by atoms with van der Waals surface area (Å²) in [4.78, 5) is 7.10. The molecule has 3 unspecified atom stereocenters. The molecule has 192 valence electrons. The predicted molar refractivity (Wildman–Crippen MR) is 128 cm³/mol. The first-order valence-electron chi connectivity index (χ1n) is 11.8. The molecule has 3 heterocycles. The highest BCUT2D eigenvalue weighted by Crippen LogP contribution is 2.40. The van der Waals surface area contributed by atoms with Crippen LogP contribution in [0.3, 0.4) is 0 Å². The minimum absolute atomic E-state index is 0.00346. The molecule has 2 aliphatic heterocycles. The fourth-order valence-electron chi connectivity index (χ4n) is 5.43. The third-order valence-electron chi connectivity index (χ3n) is 7.26. The number of sulfonamides is 1. The zero-order chi connectivity index (χ0) is 25.8. The van der Waals surface area contributed by atoms with Crippen LogP contribution in [0.25, 0.3) is 11.1 Å². The van der Waals surface area contributed by atoms with Gasteiger partial charge in [0.2, 0.25) is 10.0 Å². The van der Waals surface area contributed by atoms with Gasteiger partial charge < -0.3 is 5.11 Å². The minimum atomic E-state index is -4.77. The van der Waals surface area contributed by atoms with Gasteiger partial charge in [-0.1, -0.05) is 31.2 Å². The second-order valence-electron chi connectivity index (χ2n) is 9.92. The zero-order valence-electron chi connectivity index (χ0n) is 20.4. The van der Waals surface area contributed by atoms with Crippen molar-refractivity contribution in [1.82, 2.24) is 14.2 Å². The van der Waals surface area contributed by atoms with Gasteiger partial charge in [-0.15, -0.1) is 0 Å². The highest BCUT2D eigenvalue weighted by Gasteiger charge is 2.51. The van der Waals surface area contributed by atoms with Crippen molar-refractivity contribution in [1.29, 1.82) is 0 Å². The maximum absolute atomic E-state index is 13.3. The first-order chi connectivity index (χ1) is 16.2. The molecule has 2 bridgehead atoms. The predicted octanol–water partition coefficient (Wildman–Crippen LogP) is 4.00. The van der Waals surface area contributed by atoms with E-state index in [0.29, 0.717) is 31.6 Å². The number of hydrogen-bond donors (Lipinski definition) is 1. The summed E-state index contributed by atoms with van der Waals surface area (Å²) < 4.78 is 65.8.